The van der Waals surface area contributed by atoms with Gasteiger partial charge in [-0.05, 0) is 297 Å². The van der Waals surface area contributed by atoms with Crippen molar-refractivity contribution in [3.63, 3.8) is 0 Å². The molecule has 11 fully saturated rings. The molecule has 2 aromatic carbocycles. The first-order chi connectivity index (χ1) is 71.1. The first-order valence-corrected chi connectivity index (χ1v) is 53.6. The molecule has 12 N–H and O–H groups in total. The summed E-state index contributed by atoms with van der Waals surface area (Å²) in [5.74, 6) is -0.648. The topological polar surface area (TPSA) is 473 Å². The lowest BCUT2D eigenvalue weighted by Crippen LogP contribution is -2.71. The Hall–Kier alpha value is -13.3. The van der Waals surface area contributed by atoms with Crippen LogP contribution in [0.25, 0.3) is 0 Å². The third-order valence-electron chi connectivity index (χ3n) is 31.6. The highest BCUT2D eigenvalue weighted by atomic mass is 35.5. The number of anilines is 8. The molecule has 147 heavy (non-hydrogen) atoms. The van der Waals surface area contributed by atoms with Crippen LogP contribution in [0.5, 0.6) is 0 Å². The molecule has 16 amide bonds. The highest BCUT2D eigenvalue weighted by molar-refractivity contribution is 6.35. The van der Waals surface area contributed by atoms with E-state index in [9.17, 15) is 57.5 Å². The van der Waals surface area contributed by atoms with Crippen LogP contribution in [0, 0.1) is 65.1 Å². The number of para-hydroxylation sites is 1. The molecule has 19 rings (SSSR count). The molecule has 0 bridgehead atoms. The second-order valence-corrected chi connectivity index (χ2v) is 42.3. The minimum atomic E-state index is -0.978. The van der Waals surface area contributed by atoms with Crippen LogP contribution in [-0.4, -0.2) is 201 Å². The van der Waals surface area contributed by atoms with E-state index in [-0.39, 0.29) is 84.3 Å². The number of nitrogens with two attached hydrogens (primary N) is 4. The normalized spacial score (nSPS) is 22.3. The Morgan fingerprint density at radius 3 is 0.959 bits per heavy atom. The molecule has 0 radical (unpaired) electrons. The van der Waals surface area contributed by atoms with Gasteiger partial charge in [-0.15, -0.1) is 0 Å². The van der Waals surface area contributed by atoms with E-state index in [2.05, 4.69) is 56.2 Å². The van der Waals surface area contributed by atoms with Gasteiger partial charge in [0, 0.05) is 128 Å². The third kappa shape index (κ3) is 25.6. The van der Waals surface area contributed by atoms with Crippen LogP contribution in [0.15, 0.2) is 165 Å². The standard InChI is InChI=1S/C29H37N5O3.C27H33Cl2N5O3.C27H35N7O3.C27H34N6O3/c1-2-33(22-11-7-4-8-12-22)28(36)26-23(17-19-15-16-31-24(30)18-19)27(35)34(26)29(37)32-25(21-13-14-21)20-9-5-3-6-10-20;1-3-22(17-7-5-4-6-8-17)32-27(37)34-24(21(25(34)35)11-16-9-10-31-23(30)12-16)26(36)33(2)20-14-18(28)13-19(29)15-20;1-2-33(26-30-12-6-13-31-26)25(36)23-20(15-17-11-14-29-21(28)16-17)24(35)34(23)27(37)32-22(19-9-10-19)18-7-4-3-5-8-18;1-32(20-10-12-29-13-11-20)26(35)24-21(15-17-9-14-30-22(28)16-17)25(34)33(24)27(36)31-23(19-7-8-19)18-5-3-2-4-6-18/h4,7-8,11-12,15-16,18,20-21,23,25-26H,2-3,5-6,9-10,13-14,17H2,1H3,(H2,30,31)(H,32,37);9-10,12-15,17,21-22,24H,3-8,11H2,1-2H3,(H2,30,31)(H,32,37);6,11-14,16,18-20,22-23H,2-5,7-10,15H2,1H3,(H2,28,29)(H,32,37);9-14,16,18-19,21,23-24H,2-8,15H2,1H3,(H2,28,30)(H,31,36)/t23-,25+,26+;21-,22-,24+;20-,22+,23+;21-,23+,24+/m1111/s1. The van der Waals surface area contributed by atoms with Crippen molar-refractivity contribution in [3.8, 4) is 0 Å². The highest BCUT2D eigenvalue weighted by Crippen LogP contribution is 2.47. The van der Waals surface area contributed by atoms with Crippen LogP contribution in [0.1, 0.15) is 216 Å². The van der Waals surface area contributed by atoms with Crippen molar-refractivity contribution in [1.82, 2.24) is 75.8 Å². The number of aromatic nitrogens is 7. The Bertz CT molecular complexity index is 5790. The van der Waals surface area contributed by atoms with Crippen LogP contribution in [-0.2, 0) is 64.0 Å². The molecule has 35 nitrogen and oxygen atoms in total. The van der Waals surface area contributed by atoms with E-state index < -0.39 is 77.9 Å². The molecule has 780 valence electrons. The molecule has 37 heteroatoms. The number of carbonyl (C=O) groups excluding carboxylic acids is 12. The number of nitrogens with one attached hydrogen (secondary N) is 4. The molecule has 0 unspecified atom stereocenters. The van der Waals surface area contributed by atoms with E-state index >= 15 is 0 Å². The largest absolute Gasteiger partial charge is 0.384 e. The minimum absolute atomic E-state index is 0.0418. The van der Waals surface area contributed by atoms with Crippen LogP contribution in [0.4, 0.5) is 65.5 Å². The number of pyridine rings is 5. The number of likely N-dealkylation sites (N-methyl/N-ethyl adjacent to an activating group) is 4. The zero-order chi connectivity index (χ0) is 104. The summed E-state index contributed by atoms with van der Waals surface area (Å²) in [4.78, 5) is 202. The summed E-state index contributed by atoms with van der Waals surface area (Å²) in [6, 6.07) is 27.8. The number of halogens is 2. The highest BCUT2D eigenvalue weighted by Gasteiger charge is 2.61. The van der Waals surface area contributed by atoms with Crippen LogP contribution < -0.4 is 63.8 Å². The number of rotatable bonds is 30. The van der Waals surface area contributed by atoms with Crippen molar-refractivity contribution in [2.24, 2.45) is 65.1 Å². The number of amides is 16. The zero-order valence-corrected chi connectivity index (χ0v) is 86.1. The van der Waals surface area contributed by atoms with Crippen LogP contribution in [0.2, 0.25) is 10.0 Å². The van der Waals surface area contributed by atoms with Gasteiger partial charge >= 0.3 is 24.1 Å². The lowest BCUT2D eigenvalue weighted by molar-refractivity contribution is -0.156. The molecule has 6 aromatic heterocycles. The summed E-state index contributed by atoms with van der Waals surface area (Å²) in [5.41, 5.74) is 28.4. The predicted octanol–water partition coefficient (Wildman–Crippen LogP) is 15.3. The molecule has 4 aliphatic heterocycles. The predicted molar refractivity (Wildman–Crippen MR) is 562 cm³/mol. The fourth-order valence-corrected chi connectivity index (χ4v) is 23.9. The van der Waals surface area contributed by atoms with Gasteiger partial charge in [-0.3, -0.25) is 67.8 Å². The van der Waals surface area contributed by atoms with Crippen molar-refractivity contribution < 1.29 is 57.5 Å². The number of nitrogens with zero attached hydrogens (tertiary/aromatic N) is 15. The first-order valence-electron chi connectivity index (χ1n) is 52.8. The first kappa shape index (κ1) is 106. The summed E-state index contributed by atoms with van der Waals surface area (Å²) in [6.45, 7) is 6.51. The van der Waals surface area contributed by atoms with E-state index in [1.807, 2.05) is 51.1 Å². The number of hydrogen-bond acceptors (Lipinski definition) is 23. The number of nitrogen functional groups attached to an aromatic ring is 4. The molecule has 7 saturated carbocycles. The van der Waals surface area contributed by atoms with E-state index in [0.717, 1.165) is 152 Å². The van der Waals surface area contributed by atoms with E-state index in [1.54, 1.807) is 153 Å². The average Bonchev–Trinajstić information content (AvgIpc) is 1.73. The maximum atomic E-state index is 13.9. The maximum Gasteiger partial charge on any atom is 0.325 e. The number of likely N-dealkylation sites (tertiary alicyclic amines) is 4. The van der Waals surface area contributed by atoms with Gasteiger partial charge < -0.3 is 58.9 Å². The summed E-state index contributed by atoms with van der Waals surface area (Å²) in [7, 11) is 3.24. The van der Waals surface area contributed by atoms with Gasteiger partial charge in [0.1, 0.15) is 47.4 Å². The Labute approximate surface area is 869 Å². The minimum Gasteiger partial charge on any atom is -0.384 e. The monoisotopic (exact) mass is 2040 g/mol. The van der Waals surface area contributed by atoms with Gasteiger partial charge in [-0.2, -0.15) is 0 Å². The number of carbonyl (C=O) groups is 12. The van der Waals surface area contributed by atoms with E-state index in [1.165, 1.54) is 83.8 Å². The van der Waals surface area contributed by atoms with Crippen LogP contribution >= 0.6 is 23.2 Å². The smallest absolute Gasteiger partial charge is 0.325 e. The summed E-state index contributed by atoms with van der Waals surface area (Å²) < 4.78 is 0. The molecular weight excluding hydrogens is 1910 g/mol. The van der Waals surface area contributed by atoms with Gasteiger partial charge in [0.15, 0.2) is 0 Å². The maximum absolute atomic E-state index is 13.9. The van der Waals surface area contributed by atoms with Gasteiger partial charge in [0.05, 0.1) is 23.7 Å². The Morgan fingerprint density at radius 2 is 0.639 bits per heavy atom. The lowest BCUT2D eigenvalue weighted by Gasteiger charge is -2.47. The second-order valence-electron chi connectivity index (χ2n) is 41.4. The Kier molecular flexibility index (Phi) is 35.5. The molecule has 11 aliphatic rings. The van der Waals surface area contributed by atoms with E-state index in [0.29, 0.717) is 112 Å². The average molecular weight is 2050 g/mol. The number of benzene rings is 2. The lowest BCUT2D eigenvalue weighted by atomic mass is 9.80. The number of urea groups is 4. The molecule has 10 heterocycles. The third-order valence-corrected chi connectivity index (χ3v) is 32.1. The van der Waals surface area contributed by atoms with Crippen molar-refractivity contribution in [2.45, 2.75) is 268 Å². The van der Waals surface area contributed by atoms with Crippen molar-refractivity contribution in [2.75, 3.05) is 69.7 Å². The van der Waals surface area contributed by atoms with Gasteiger partial charge in [-0.1, -0.05) is 125 Å². The van der Waals surface area contributed by atoms with Crippen molar-refractivity contribution in [1.29, 1.82) is 0 Å². The zero-order valence-electron chi connectivity index (χ0n) is 84.6. The molecular formula is C110H139Cl2N23O12. The second kappa shape index (κ2) is 49.0. The van der Waals surface area contributed by atoms with Crippen LogP contribution in [0.3, 0.4) is 0 Å². The fourth-order valence-electron chi connectivity index (χ4n) is 23.4. The summed E-state index contributed by atoms with van der Waals surface area (Å²) in [6.07, 6.45) is 44.3. The molecule has 12 atom stereocenters. The molecule has 7 aliphatic carbocycles. The summed E-state index contributed by atoms with van der Waals surface area (Å²) >= 11 is 12.3. The number of β-lactam (4-membered cyclic amide) rings is 4. The van der Waals surface area contributed by atoms with Gasteiger partial charge in [0.2, 0.25) is 29.6 Å². The molecule has 4 saturated heterocycles. The SMILES string of the molecule is CCN(C(=O)[C@@H]1[C@@H](Cc2ccnc(N)c2)C(=O)N1C(=O)N[C@@H](C1CCCCC1)C1CC1)c1ccccc1.CCN(C(=O)[C@@H]1[C@@H](Cc2ccnc(N)c2)C(=O)N1C(=O)N[C@@H](C1CCCCC1)C1CC1)c1ncccn1.CC[C@@H](NC(=O)N1C(=O)[C@H](Cc2ccnc(N)c2)[C@H]1C(=O)N(C)c1cc(Cl)cc(Cl)c1)C1CCCCC1.CN(C(=O)[C@@H]1[C@@H](Cc2ccnc(N)c2)C(=O)N1C(=O)N[C@@H](C1CCCCC1)C1CC1)c1ccncc1. The number of imide groups is 4. The summed E-state index contributed by atoms with van der Waals surface area (Å²) in [5, 5.41) is 13.4. The van der Waals surface area contributed by atoms with Crippen molar-refractivity contribution >= 4 is 141 Å². The van der Waals surface area contributed by atoms with E-state index in [4.69, 9.17) is 46.1 Å². The van der Waals surface area contributed by atoms with Crippen molar-refractivity contribution in [3.05, 3.63) is 197 Å². The molecule has 8 aromatic rings. The fraction of sp³-hybridized carbons (Fsp3) is 0.518. The number of hydrogen-bond donors (Lipinski definition) is 8. The Morgan fingerprint density at radius 1 is 0.333 bits per heavy atom. The Balaban J connectivity index is 0.000000140. The van der Waals surface area contributed by atoms with Gasteiger partial charge in [0.25, 0.3) is 23.6 Å². The van der Waals surface area contributed by atoms with Gasteiger partial charge in [-0.25, -0.2) is 49.1 Å². The molecule has 0 spiro atoms. The quantitative estimate of drug-likeness (QED) is 0.0194.